The van der Waals surface area contributed by atoms with Crippen LogP contribution in [0.15, 0.2) is 48.6 Å². The molecule has 6 rings (SSSR count). The number of carbonyl (C=O) groups excluding carboxylic acids is 1. The Balaban J connectivity index is 1.37. The number of nitrogens with zero attached hydrogens (tertiary/aromatic N) is 2. The van der Waals surface area contributed by atoms with Gasteiger partial charge in [-0.1, -0.05) is 43.7 Å². The van der Waals surface area contributed by atoms with Crippen molar-refractivity contribution in [3.63, 3.8) is 0 Å². The van der Waals surface area contributed by atoms with Crippen molar-refractivity contribution in [3.8, 4) is 5.75 Å². The molecule has 9 nitrogen and oxygen atoms in total. The first-order valence-corrected chi connectivity index (χ1v) is 20.3. The monoisotopic (exact) mass is 727 g/mol. The lowest BCUT2D eigenvalue weighted by Gasteiger charge is -2.56. The number of ether oxygens (including phenoxy) is 3. The Hall–Kier alpha value is -2.63. The molecule has 1 unspecified atom stereocenters. The summed E-state index contributed by atoms with van der Waals surface area (Å²) < 4.78 is 48.4. The van der Waals surface area contributed by atoms with Crippen molar-refractivity contribution in [1.82, 2.24) is 9.62 Å². The van der Waals surface area contributed by atoms with E-state index in [1.54, 1.807) is 13.0 Å². The highest BCUT2D eigenvalue weighted by Crippen LogP contribution is 2.54. The minimum absolute atomic E-state index is 0.0798. The van der Waals surface area contributed by atoms with Crippen LogP contribution in [-0.4, -0.2) is 82.6 Å². The second kappa shape index (κ2) is 15.5. The summed E-state index contributed by atoms with van der Waals surface area (Å²) in [6.07, 6.45) is 9.73. The number of carbonyl (C=O) groups is 1. The van der Waals surface area contributed by atoms with Crippen molar-refractivity contribution in [2.75, 3.05) is 57.4 Å². The number of benzene rings is 2. The molecule has 1 N–H and O–H groups in total. The molecule has 11 heteroatoms. The van der Waals surface area contributed by atoms with E-state index < -0.39 is 26.8 Å². The molecule has 0 spiro atoms. The van der Waals surface area contributed by atoms with Gasteiger partial charge in [0.2, 0.25) is 10.0 Å². The summed E-state index contributed by atoms with van der Waals surface area (Å²) in [6, 6.07) is 11.3. The van der Waals surface area contributed by atoms with Crippen molar-refractivity contribution in [2.24, 2.45) is 17.3 Å². The van der Waals surface area contributed by atoms with E-state index in [2.05, 4.69) is 40.5 Å². The Morgan fingerprint density at radius 3 is 2.60 bits per heavy atom. The van der Waals surface area contributed by atoms with Crippen molar-refractivity contribution in [2.45, 2.75) is 83.7 Å². The fourth-order valence-corrected chi connectivity index (χ4v) is 9.70. The number of nitrogens with one attached hydrogen (secondary N) is 1. The van der Waals surface area contributed by atoms with Crippen LogP contribution in [0.25, 0.3) is 0 Å². The summed E-state index contributed by atoms with van der Waals surface area (Å²) in [5, 5.41) is -0.0626. The summed E-state index contributed by atoms with van der Waals surface area (Å²) in [6.45, 7) is 14.8. The average molecular weight is 728 g/mol. The van der Waals surface area contributed by atoms with Crippen LogP contribution in [0.3, 0.4) is 0 Å². The van der Waals surface area contributed by atoms with Gasteiger partial charge in [-0.05, 0) is 111 Å². The number of hydrogen-bond acceptors (Lipinski definition) is 8. The molecule has 50 heavy (non-hydrogen) atoms. The maximum Gasteiger partial charge on any atom is 0.264 e. The number of aryl methyl sites for hydroxylation is 1. The van der Waals surface area contributed by atoms with Gasteiger partial charge in [0.25, 0.3) is 5.91 Å². The molecule has 1 saturated heterocycles. The van der Waals surface area contributed by atoms with Crippen LogP contribution in [0.2, 0.25) is 5.02 Å². The molecule has 2 fully saturated rings. The number of anilines is 1. The number of allylic oxidation sites excluding steroid dienone is 1. The maximum atomic E-state index is 13.6. The highest BCUT2D eigenvalue weighted by Gasteiger charge is 2.53. The normalized spacial score (nSPS) is 31.5. The van der Waals surface area contributed by atoms with Crippen LogP contribution in [0.4, 0.5) is 5.69 Å². The molecule has 0 radical (unpaired) electrons. The van der Waals surface area contributed by atoms with E-state index >= 15 is 0 Å². The Morgan fingerprint density at radius 1 is 1.04 bits per heavy atom. The van der Waals surface area contributed by atoms with Crippen LogP contribution in [-0.2, 0) is 32.5 Å². The Bertz CT molecular complexity index is 1660. The first kappa shape index (κ1) is 37.1. The molecule has 1 amide bonds. The molecular formula is C39H54ClN3O6S. The van der Waals surface area contributed by atoms with Crippen LogP contribution < -0.4 is 14.4 Å². The fourth-order valence-electron chi connectivity index (χ4n) is 8.22. The molecule has 2 aromatic carbocycles. The third kappa shape index (κ3) is 8.36. The Morgan fingerprint density at radius 2 is 1.84 bits per heavy atom. The number of morpholine rings is 1. The lowest BCUT2D eigenvalue weighted by molar-refractivity contribution is -0.126. The van der Waals surface area contributed by atoms with E-state index in [1.807, 2.05) is 37.3 Å². The summed E-state index contributed by atoms with van der Waals surface area (Å²) in [5.41, 5.74) is 2.75. The van der Waals surface area contributed by atoms with E-state index in [1.165, 1.54) is 5.56 Å². The van der Waals surface area contributed by atoms with Crippen molar-refractivity contribution in [1.29, 1.82) is 0 Å². The van der Waals surface area contributed by atoms with Crippen molar-refractivity contribution >= 4 is 33.2 Å². The zero-order chi connectivity index (χ0) is 35.5. The minimum atomic E-state index is -3.95. The largest absolute Gasteiger partial charge is 0.487 e. The summed E-state index contributed by atoms with van der Waals surface area (Å²) >= 11 is 6.39. The number of amides is 1. The molecule has 1 saturated carbocycles. The van der Waals surface area contributed by atoms with E-state index in [0.29, 0.717) is 36.0 Å². The number of hydrogen-bond donors (Lipinski definition) is 1. The third-order valence-electron chi connectivity index (χ3n) is 11.7. The minimum Gasteiger partial charge on any atom is -0.487 e. The van der Waals surface area contributed by atoms with Crippen molar-refractivity contribution in [3.05, 3.63) is 70.3 Å². The SMILES string of the molecule is C[C@@H]1[C@@H](C)C/C=C/[C@](C)(OCCN2CCOCC2)[C@@H]2CCC2(C)CN2CCCCc3cc(Cl)ccc3COc3ccc(cc32)C(=O)NS1(=O)=O. The van der Waals surface area contributed by atoms with Gasteiger partial charge in [-0.15, -0.1) is 0 Å². The van der Waals surface area contributed by atoms with Gasteiger partial charge in [0.1, 0.15) is 12.4 Å². The fraction of sp³-hybridized carbons (Fsp3) is 0.615. The van der Waals surface area contributed by atoms with Crippen molar-refractivity contribution < 1.29 is 27.4 Å². The van der Waals surface area contributed by atoms with Gasteiger partial charge in [0.15, 0.2) is 0 Å². The standard InChI is InChI=1S/C39H54ClN3O6S/c1-28-8-7-15-39(4,49-23-20-42-18-21-47-22-19-42)36-14-16-38(36,3)27-43-17-6-5-9-30-24-33(40)12-10-32(30)26-48-35-13-11-31(25-34(35)43)37(44)41-50(45,46)29(28)2/h7,10-13,15,24-25,28-29,36H,5-6,8-9,14,16-23,26-27H2,1-4H3,(H,41,44)/b15-7+/t28-,29+,36+,38?,39-/m0/s1. The van der Waals surface area contributed by atoms with E-state index in [4.69, 9.17) is 25.8 Å². The molecule has 1 aliphatic carbocycles. The predicted molar refractivity (Wildman–Crippen MR) is 199 cm³/mol. The molecule has 3 heterocycles. The number of sulfonamides is 1. The lowest BCUT2D eigenvalue weighted by atomic mass is 9.55. The van der Waals surface area contributed by atoms with Crippen LogP contribution in [0, 0.1) is 17.3 Å². The molecular weight excluding hydrogens is 674 g/mol. The van der Waals surface area contributed by atoms with Gasteiger partial charge in [-0.2, -0.15) is 0 Å². The highest BCUT2D eigenvalue weighted by molar-refractivity contribution is 7.90. The number of rotatable bonds is 4. The summed E-state index contributed by atoms with van der Waals surface area (Å²) in [4.78, 5) is 18.3. The first-order valence-electron chi connectivity index (χ1n) is 18.3. The zero-order valence-corrected chi connectivity index (χ0v) is 31.7. The zero-order valence-electron chi connectivity index (χ0n) is 30.1. The lowest BCUT2D eigenvalue weighted by Crippen LogP contribution is -2.57. The average Bonchev–Trinajstić information content (AvgIpc) is 3.10. The number of fused-ring (bicyclic) bond motifs is 3. The smallest absolute Gasteiger partial charge is 0.264 e. The summed E-state index contributed by atoms with van der Waals surface area (Å²) in [7, 11) is -3.95. The topological polar surface area (TPSA) is 97.4 Å². The van der Waals surface area contributed by atoms with E-state index in [0.717, 1.165) is 89.3 Å². The van der Waals surface area contributed by atoms with Crippen LogP contribution in [0.1, 0.15) is 81.3 Å². The quantitative estimate of drug-likeness (QED) is 0.351. The number of halogens is 1. The molecule has 2 bridgehead atoms. The summed E-state index contributed by atoms with van der Waals surface area (Å²) in [5.74, 6) is 0.0570. The first-order chi connectivity index (χ1) is 23.9. The van der Waals surface area contributed by atoms with Crippen LogP contribution >= 0.6 is 11.6 Å². The molecule has 5 atom stereocenters. The Kier molecular flexibility index (Phi) is 11.5. The molecule has 2 aromatic rings. The van der Waals surface area contributed by atoms with Gasteiger partial charge >= 0.3 is 0 Å². The van der Waals surface area contributed by atoms with Gasteiger partial charge in [-0.3, -0.25) is 9.69 Å². The molecule has 3 aliphatic heterocycles. The maximum absolute atomic E-state index is 13.6. The van der Waals surface area contributed by atoms with Crippen LogP contribution in [0.5, 0.6) is 5.75 Å². The van der Waals surface area contributed by atoms with E-state index in [9.17, 15) is 13.2 Å². The molecule has 4 aliphatic rings. The third-order valence-corrected chi connectivity index (χ3v) is 13.9. The molecule has 0 aromatic heterocycles. The highest BCUT2D eigenvalue weighted by atomic mass is 35.5. The second-order valence-corrected chi connectivity index (χ2v) is 17.8. The second-order valence-electron chi connectivity index (χ2n) is 15.3. The predicted octanol–water partition coefficient (Wildman–Crippen LogP) is 6.63. The molecule has 274 valence electrons. The van der Waals surface area contributed by atoms with E-state index in [-0.39, 0.29) is 17.3 Å². The van der Waals surface area contributed by atoms with Gasteiger partial charge in [0.05, 0.1) is 36.4 Å². The van der Waals surface area contributed by atoms with Gasteiger partial charge < -0.3 is 19.1 Å². The Labute approximate surface area is 303 Å². The van der Waals surface area contributed by atoms with Gasteiger partial charge in [0, 0.05) is 43.3 Å². The van der Waals surface area contributed by atoms with Gasteiger partial charge in [-0.25, -0.2) is 13.1 Å².